The Morgan fingerprint density at radius 1 is 1.04 bits per heavy atom. The highest BCUT2D eigenvalue weighted by molar-refractivity contribution is 5.50. The van der Waals surface area contributed by atoms with Crippen molar-refractivity contribution in [3.05, 3.63) is 42.5 Å². The summed E-state index contributed by atoms with van der Waals surface area (Å²) in [5, 5.41) is 0. The summed E-state index contributed by atoms with van der Waals surface area (Å²) in [7, 11) is 0. The van der Waals surface area contributed by atoms with E-state index in [0.29, 0.717) is 19.0 Å². The molecule has 8 heteroatoms. The van der Waals surface area contributed by atoms with Crippen molar-refractivity contribution in [2.24, 2.45) is 5.92 Å². The molecule has 0 saturated carbocycles. The Bertz CT molecular complexity index is 737. The summed E-state index contributed by atoms with van der Waals surface area (Å²) in [6, 6.07) is 2.57. The van der Waals surface area contributed by atoms with Gasteiger partial charge in [0.05, 0.1) is 17.8 Å². The molecule has 2 aliphatic heterocycles. The Kier molecular flexibility index (Phi) is 3.97. The molecule has 0 radical (unpaired) electrons. The van der Waals surface area contributed by atoms with Crippen LogP contribution in [0, 0.1) is 5.92 Å². The molecule has 2 saturated heterocycles. The van der Waals surface area contributed by atoms with Crippen molar-refractivity contribution in [1.82, 2.24) is 15.0 Å². The molecule has 0 aromatic carbocycles. The van der Waals surface area contributed by atoms with Gasteiger partial charge in [-0.25, -0.2) is 9.97 Å². The van der Waals surface area contributed by atoms with E-state index < -0.39 is 11.7 Å². The summed E-state index contributed by atoms with van der Waals surface area (Å²) in [5.74, 6) is 1.28. The zero-order valence-corrected chi connectivity index (χ0v) is 13.5. The monoisotopic (exact) mass is 349 g/mol. The molecule has 0 bridgehead atoms. The average molecular weight is 349 g/mol. The molecule has 4 heterocycles. The Morgan fingerprint density at radius 3 is 2.64 bits per heavy atom. The normalized spacial score (nSPS) is 23.6. The molecule has 0 amide bonds. The standard InChI is InChI=1S/C17H18F3N5/c18-17(19,20)13-2-1-5-23-16(13)24-8-3-12-4-9-25(14(12)11-24)15-10-21-6-7-22-15/h1-2,5-7,10,12,14H,3-4,8-9,11H2. The largest absolute Gasteiger partial charge is 0.419 e. The summed E-state index contributed by atoms with van der Waals surface area (Å²) in [6.07, 6.45) is 3.88. The Labute approximate surface area is 143 Å². The van der Waals surface area contributed by atoms with E-state index in [2.05, 4.69) is 19.9 Å². The van der Waals surface area contributed by atoms with E-state index in [0.717, 1.165) is 31.3 Å². The molecular formula is C17H18F3N5. The molecule has 2 unspecified atom stereocenters. The number of piperidine rings is 1. The number of hydrogen-bond acceptors (Lipinski definition) is 5. The second kappa shape index (κ2) is 6.16. The quantitative estimate of drug-likeness (QED) is 0.834. The predicted octanol–water partition coefficient (Wildman–Crippen LogP) is 3.00. The van der Waals surface area contributed by atoms with Crippen LogP contribution >= 0.6 is 0 Å². The first kappa shape index (κ1) is 16.1. The number of fused-ring (bicyclic) bond motifs is 1. The molecule has 0 aliphatic carbocycles. The van der Waals surface area contributed by atoms with Gasteiger partial charge in [0.2, 0.25) is 0 Å². The molecule has 2 atom stereocenters. The van der Waals surface area contributed by atoms with E-state index in [9.17, 15) is 13.2 Å². The number of aromatic nitrogens is 3. The van der Waals surface area contributed by atoms with E-state index >= 15 is 0 Å². The molecule has 2 aromatic heterocycles. The lowest BCUT2D eigenvalue weighted by molar-refractivity contribution is -0.137. The average Bonchev–Trinajstić information content (AvgIpc) is 3.05. The first-order valence-corrected chi connectivity index (χ1v) is 8.34. The van der Waals surface area contributed by atoms with Crippen LogP contribution < -0.4 is 9.80 Å². The van der Waals surface area contributed by atoms with Crippen molar-refractivity contribution >= 4 is 11.6 Å². The van der Waals surface area contributed by atoms with Gasteiger partial charge in [-0.3, -0.25) is 4.98 Å². The van der Waals surface area contributed by atoms with Crippen LogP contribution in [0.2, 0.25) is 0 Å². The van der Waals surface area contributed by atoms with E-state index in [1.165, 1.54) is 12.3 Å². The maximum absolute atomic E-state index is 13.3. The fraction of sp³-hybridized carbons (Fsp3) is 0.471. The van der Waals surface area contributed by atoms with Crippen LogP contribution in [0.5, 0.6) is 0 Å². The summed E-state index contributed by atoms with van der Waals surface area (Å²) >= 11 is 0. The van der Waals surface area contributed by atoms with Crippen molar-refractivity contribution < 1.29 is 13.2 Å². The molecule has 132 valence electrons. The molecule has 4 rings (SSSR count). The molecule has 2 fully saturated rings. The van der Waals surface area contributed by atoms with Crippen LogP contribution in [0.1, 0.15) is 18.4 Å². The lowest BCUT2D eigenvalue weighted by atomic mass is 9.92. The first-order valence-electron chi connectivity index (χ1n) is 8.34. The van der Waals surface area contributed by atoms with Gasteiger partial charge in [0, 0.05) is 38.2 Å². The lowest BCUT2D eigenvalue weighted by Gasteiger charge is -2.40. The number of rotatable bonds is 2. The Balaban J connectivity index is 1.61. The van der Waals surface area contributed by atoms with E-state index in [1.807, 2.05) is 0 Å². The van der Waals surface area contributed by atoms with Crippen molar-refractivity contribution in [3.63, 3.8) is 0 Å². The van der Waals surface area contributed by atoms with Gasteiger partial charge in [0.15, 0.2) is 0 Å². The highest BCUT2D eigenvalue weighted by atomic mass is 19.4. The van der Waals surface area contributed by atoms with Gasteiger partial charge in [0.25, 0.3) is 0 Å². The molecule has 2 aliphatic rings. The Hall–Kier alpha value is -2.38. The maximum atomic E-state index is 13.3. The van der Waals surface area contributed by atoms with Crippen LogP contribution in [0.3, 0.4) is 0 Å². The fourth-order valence-electron chi connectivity index (χ4n) is 3.93. The second-order valence-corrected chi connectivity index (χ2v) is 6.48. The van der Waals surface area contributed by atoms with Crippen molar-refractivity contribution in [2.75, 3.05) is 29.4 Å². The van der Waals surface area contributed by atoms with E-state index in [-0.39, 0.29) is 11.9 Å². The maximum Gasteiger partial charge on any atom is 0.419 e. The van der Waals surface area contributed by atoms with Gasteiger partial charge < -0.3 is 9.80 Å². The SMILES string of the molecule is FC(F)(F)c1cccnc1N1CCC2CCN(c3cnccn3)C2C1. The molecule has 0 N–H and O–H groups in total. The number of alkyl halides is 3. The number of halogens is 3. The van der Waals surface area contributed by atoms with Crippen LogP contribution in [0.15, 0.2) is 36.9 Å². The lowest BCUT2D eigenvalue weighted by Crippen LogP contribution is -2.49. The zero-order chi connectivity index (χ0) is 17.4. The summed E-state index contributed by atoms with van der Waals surface area (Å²) in [6.45, 7) is 1.97. The molecule has 5 nitrogen and oxygen atoms in total. The minimum Gasteiger partial charge on any atom is -0.354 e. The number of hydrogen-bond donors (Lipinski definition) is 0. The first-order chi connectivity index (χ1) is 12.0. The third kappa shape index (κ3) is 3.01. The van der Waals surface area contributed by atoms with E-state index in [1.54, 1.807) is 23.5 Å². The molecule has 0 spiro atoms. The number of pyridine rings is 1. The Morgan fingerprint density at radius 2 is 1.88 bits per heavy atom. The summed E-state index contributed by atoms with van der Waals surface area (Å²) in [4.78, 5) is 16.4. The van der Waals surface area contributed by atoms with Gasteiger partial charge in [-0.2, -0.15) is 13.2 Å². The molecule has 2 aromatic rings. The third-order valence-electron chi connectivity index (χ3n) is 5.10. The van der Waals surface area contributed by atoms with Gasteiger partial charge >= 0.3 is 6.18 Å². The number of nitrogens with zero attached hydrogens (tertiary/aromatic N) is 5. The smallest absolute Gasteiger partial charge is 0.354 e. The van der Waals surface area contributed by atoms with Crippen molar-refractivity contribution in [3.8, 4) is 0 Å². The van der Waals surface area contributed by atoms with Gasteiger partial charge in [-0.1, -0.05) is 0 Å². The number of anilines is 2. The highest BCUT2D eigenvalue weighted by Crippen LogP contribution is 2.39. The fourth-order valence-corrected chi connectivity index (χ4v) is 3.93. The summed E-state index contributed by atoms with van der Waals surface area (Å²) < 4.78 is 40.0. The van der Waals surface area contributed by atoms with Crippen LogP contribution in [-0.4, -0.2) is 40.6 Å². The van der Waals surface area contributed by atoms with Crippen LogP contribution in [0.25, 0.3) is 0 Å². The summed E-state index contributed by atoms with van der Waals surface area (Å²) in [5.41, 5.74) is -0.669. The molecular weight excluding hydrogens is 331 g/mol. The topological polar surface area (TPSA) is 45.2 Å². The minimum absolute atomic E-state index is 0.0273. The van der Waals surface area contributed by atoms with E-state index in [4.69, 9.17) is 0 Å². The zero-order valence-electron chi connectivity index (χ0n) is 13.5. The van der Waals surface area contributed by atoms with Crippen molar-refractivity contribution in [2.45, 2.75) is 25.1 Å². The van der Waals surface area contributed by atoms with Crippen LogP contribution in [0.4, 0.5) is 24.8 Å². The van der Waals surface area contributed by atoms with Gasteiger partial charge in [-0.15, -0.1) is 0 Å². The minimum atomic E-state index is -4.40. The van der Waals surface area contributed by atoms with Gasteiger partial charge in [0.1, 0.15) is 11.6 Å². The predicted molar refractivity (Wildman–Crippen MR) is 87.3 cm³/mol. The second-order valence-electron chi connectivity index (χ2n) is 6.48. The molecule has 25 heavy (non-hydrogen) atoms. The third-order valence-corrected chi connectivity index (χ3v) is 5.10. The van der Waals surface area contributed by atoms with Gasteiger partial charge in [-0.05, 0) is 30.9 Å². The van der Waals surface area contributed by atoms with Crippen molar-refractivity contribution in [1.29, 1.82) is 0 Å². The highest BCUT2D eigenvalue weighted by Gasteiger charge is 2.42. The van der Waals surface area contributed by atoms with Crippen LogP contribution in [-0.2, 0) is 6.18 Å².